The fourth-order valence-corrected chi connectivity index (χ4v) is 2.45. The zero-order chi connectivity index (χ0) is 13.9. The summed E-state index contributed by atoms with van der Waals surface area (Å²) in [7, 11) is -3.55. The highest BCUT2D eigenvalue weighted by atomic mass is 32.2. The minimum Gasteiger partial charge on any atom is -0.494 e. The predicted octanol–water partition coefficient (Wildman–Crippen LogP) is -3.14. The van der Waals surface area contributed by atoms with E-state index in [0.29, 0.717) is 0 Å². The van der Waals surface area contributed by atoms with Gasteiger partial charge in [0.2, 0.25) is 10.0 Å². The fourth-order valence-electron chi connectivity index (χ4n) is 1.66. The van der Waals surface area contributed by atoms with Crippen molar-refractivity contribution in [1.82, 2.24) is 4.72 Å². The van der Waals surface area contributed by atoms with Crippen LogP contribution in [-0.2, 0) is 14.8 Å². The highest BCUT2D eigenvalue weighted by Crippen LogP contribution is 2.17. The Morgan fingerprint density at radius 2 is 2.11 bits per heavy atom. The Hall–Kier alpha value is -0.710. The lowest BCUT2D eigenvalue weighted by Crippen LogP contribution is -2.61. The van der Waals surface area contributed by atoms with Crippen molar-refractivity contribution in [3.05, 3.63) is 12.3 Å². The number of nitrogens with one attached hydrogen (secondary N) is 1. The summed E-state index contributed by atoms with van der Waals surface area (Å²) in [5.74, 6) is 0. The third-order valence-corrected chi connectivity index (χ3v) is 3.27. The van der Waals surface area contributed by atoms with Crippen LogP contribution in [0.3, 0.4) is 0 Å². The summed E-state index contributed by atoms with van der Waals surface area (Å²) in [5, 5.41) is 27.9. The fraction of sp³-hybridized carbons (Fsp3) is 0.778. The molecule has 18 heavy (non-hydrogen) atoms. The molecular formula is C9H18N2O6S. The Labute approximate surface area is 105 Å². The normalized spacial score (nSPS) is 31.7. The van der Waals surface area contributed by atoms with Crippen LogP contribution >= 0.6 is 0 Å². The summed E-state index contributed by atoms with van der Waals surface area (Å²) < 4.78 is 29.7. The molecule has 0 aliphatic carbocycles. The summed E-state index contributed by atoms with van der Waals surface area (Å²) in [6, 6.07) is -1.64. The summed E-state index contributed by atoms with van der Waals surface area (Å²) in [4.78, 5) is 0. The molecular weight excluding hydrogens is 264 g/mol. The van der Waals surface area contributed by atoms with Crippen molar-refractivity contribution < 1.29 is 28.5 Å². The molecule has 1 aliphatic rings. The quantitative estimate of drug-likeness (QED) is 0.358. The van der Waals surface area contributed by atoms with Crippen LogP contribution in [0.2, 0.25) is 0 Å². The first-order valence-electron chi connectivity index (χ1n) is 5.28. The van der Waals surface area contributed by atoms with Gasteiger partial charge in [-0.25, -0.2) is 13.1 Å². The second-order valence-corrected chi connectivity index (χ2v) is 5.94. The van der Waals surface area contributed by atoms with Crippen molar-refractivity contribution in [3.8, 4) is 0 Å². The number of nitrogens with two attached hydrogens (primary N) is 1. The van der Waals surface area contributed by atoms with Gasteiger partial charge in [0.15, 0.2) is 0 Å². The maximum absolute atomic E-state index is 11.2. The van der Waals surface area contributed by atoms with E-state index in [4.69, 9.17) is 15.6 Å². The Balaban J connectivity index is 2.89. The van der Waals surface area contributed by atoms with Crippen LogP contribution in [0.1, 0.15) is 0 Å². The summed E-state index contributed by atoms with van der Waals surface area (Å²) in [6.45, 7) is -0.675. The van der Waals surface area contributed by atoms with E-state index in [9.17, 15) is 18.6 Å². The van der Waals surface area contributed by atoms with Crippen molar-refractivity contribution in [3.63, 3.8) is 0 Å². The van der Waals surface area contributed by atoms with Gasteiger partial charge < -0.3 is 25.8 Å². The van der Waals surface area contributed by atoms with Gasteiger partial charge >= 0.3 is 0 Å². The Morgan fingerprint density at radius 3 is 2.61 bits per heavy atom. The molecule has 9 heteroatoms. The molecule has 5 atom stereocenters. The van der Waals surface area contributed by atoms with Crippen LogP contribution in [0.5, 0.6) is 0 Å². The highest BCUT2D eigenvalue weighted by Gasteiger charge is 2.39. The van der Waals surface area contributed by atoms with Gasteiger partial charge in [0.25, 0.3) is 0 Å². The second-order valence-electron chi connectivity index (χ2n) is 4.16. The SMILES string of the molecule is CS(=O)(=O)N[C@H]1[C@H]([C@@H](O)[C@H](O)CO)OC=C[C@@H]1N. The van der Waals surface area contributed by atoms with Gasteiger partial charge in [-0.3, -0.25) is 0 Å². The van der Waals surface area contributed by atoms with E-state index >= 15 is 0 Å². The summed E-state index contributed by atoms with van der Waals surface area (Å²) in [5.41, 5.74) is 5.71. The maximum Gasteiger partial charge on any atom is 0.209 e. The van der Waals surface area contributed by atoms with Crippen LogP contribution in [-0.4, -0.2) is 67.0 Å². The molecule has 0 aromatic rings. The topological polar surface area (TPSA) is 142 Å². The monoisotopic (exact) mass is 282 g/mol. The van der Waals surface area contributed by atoms with Crippen LogP contribution in [0, 0.1) is 0 Å². The molecule has 0 saturated heterocycles. The van der Waals surface area contributed by atoms with Gasteiger partial charge in [-0.05, 0) is 6.08 Å². The molecule has 0 aromatic carbocycles. The number of rotatable bonds is 5. The molecule has 0 amide bonds. The zero-order valence-electron chi connectivity index (χ0n) is 9.80. The molecule has 0 saturated carbocycles. The van der Waals surface area contributed by atoms with Gasteiger partial charge in [0, 0.05) is 6.04 Å². The van der Waals surface area contributed by atoms with Gasteiger partial charge in [0.05, 0.1) is 25.2 Å². The lowest BCUT2D eigenvalue weighted by molar-refractivity contribution is -0.0936. The molecule has 1 rings (SSSR count). The van der Waals surface area contributed by atoms with E-state index < -0.39 is 47.0 Å². The third kappa shape index (κ3) is 3.90. The van der Waals surface area contributed by atoms with E-state index in [1.165, 1.54) is 12.3 Å². The zero-order valence-corrected chi connectivity index (χ0v) is 10.6. The molecule has 8 nitrogen and oxygen atoms in total. The van der Waals surface area contributed by atoms with E-state index in [1.54, 1.807) is 0 Å². The van der Waals surface area contributed by atoms with Crippen LogP contribution in [0.25, 0.3) is 0 Å². The number of ether oxygens (including phenoxy) is 1. The first-order chi connectivity index (χ1) is 8.26. The molecule has 1 aliphatic heterocycles. The van der Waals surface area contributed by atoms with E-state index in [1.807, 2.05) is 0 Å². The molecule has 0 radical (unpaired) electrons. The van der Waals surface area contributed by atoms with Gasteiger partial charge in [0.1, 0.15) is 18.3 Å². The number of aliphatic hydroxyl groups is 3. The average molecular weight is 282 g/mol. The lowest BCUT2D eigenvalue weighted by Gasteiger charge is -2.36. The highest BCUT2D eigenvalue weighted by molar-refractivity contribution is 7.88. The summed E-state index contributed by atoms with van der Waals surface area (Å²) in [6.07, 6.45) is -0.394. The molecule has 0 bridgehead atoms. The molecule has 1 heterocycles. The molecule has 0 fully saturated rings. The number of sulfonamides is 1. The third-order valence-electron chi connectivity index (χ3n) is 2.57. The number of aliphatic hydroxyl groups excluding tert-OH is 3. The van der Waals surface area contributed by atoms with Crippen LogP contribution < -0.4 is 10.5 Å². The summed E-state index contributed by atoms with van der Waals surface area (Å²) >= 11 is 0. The Bertz CT molecular complexity index is 398. The van der Waals surface area contributed by atoms with E-state index in [0.717, 1.165) is 6.26 Å². The van der Waals surface area contributed by atoms with Crippen molar-refractivity contribution in [2.45, 2.75) is 30.4 Å². The minimum absolute atomic E-state index is 0.675. The molecule has 0 spiro atoms. The average Bonchev–Trinajstić information content (AvgIpc) is 2.28. The first-order valence-corrected chi connectivity index (χ1v) is 7.17. The minimum atomic E-state index is -3.55. The number of hydrogen-bond acceptors (Lipinski definition) is 7. The van der Waals surface area contributed by atoms with Gasteiger partial charge in [-0.2, -0.15) is 0 Å². The Kier molecular flexibility index (Phi) is 5.08. The van der Waals surface area contributed by atoms with Crippen molar-refractivity contribution in [1.29, 1.82) is 0 Å². The van der Waals surface area contributed by atoms with Gasteiger partial charge in [-0.1, -0.05) is 0 Å². The molecule has 0 unspecified atom stereocenters. The smallest absolute Gasteiger partial charge is 0.209 e. The molecule has 106 valence electrons. The standard InChI is InChI=1S/C9H18N2O6S/c1-18(15,16)11-7-5(10)2-3-17-9(7)8(14)6(13)4-12/h2-3,5-9,11-14H,4,10H2,1H3/t5-,6+,7+,8-,9+/m0/s1. The molecule has 0 aromatic heterocycles. The van der Waals surface area contributed by atoms with E-state index in [-0.39, 0.29) is 0 Å². The molecule has 6 N–H and O–H groups in total. The van der Waals surface area contributed by atoms with Crippen LogP contribution in [0.15, 0.2) is 12.3 Å². The van der Waals surface area contributed by atoms with Crippen molar-refractivity contribution in [2.75, 3.05) is 12.9 Å². The number of hydrogen-bond donors (Lipinski definition) is 5. The lowest BCUT2D eigenvalue weighted by atomic mass is 9.95. The van der Waals surface area contributed by atoms with Gasteiger partial charge in [-0.15, -0.1) is 0 Å². The second kappa shape index (κ2) is 5.95. The maximum atomic E-state index is 11.2. The van der Waals surface area contributed by atoms with Crippen LogP contribution in [0.4, 0.5) is 0 Å². The largest absolute Gasteiger partial charge is 0.494 e. The Morgan fingerprint density at radius 1 is 1.50 bits per heavy atom. The van der Waals surface area contributed by atoms with E-state index in [2.05, 4.69) is 4.72 Å². The first kappa shape index (κ1) is 15.3. The van der Waals surface area contributed by atoms with Crippen molar-refractivity contribution in [2.24, 2.45) is 5.73 Å². The predicted molar refractivity (Wildman–Crippen MR) is 62.9 cm³/mol. The van der Waals surface area contributed by atoms with Crippen molar-refractivity contribution >= 4 is 10.0 Å².